The second-order valence-electron chi connectivity index (χ2n) is 6.37. The number of aryl methyl sites for hydroxylation is 2. The van der Waals surface area contributed by atoms with Crippen LogP contribution in [-0.2, 0) is 0 Å². The minimum atomic E-state index is 0.939. The van der Waals surface area contributed by atoms with Crippen LogP contribution >= 0.6 is 0 Å². The van der Waals surface area contributed by atoms with Gasteiger partial charge in [-0.25, -0.2) is 4.98 Å². The second kappa shape index (κ2) is 6.06. The van der Waals surface area contributed by atoms with E-state index >= 15 is 0 Å². The molecule has 4 aromatic rings. The number of pyridine rings is 1. The molecule has 0 aliphatic carbocycles. The van der Waals surface area contributed by atoms with Crippen molar-refractivity contribution in [1.82, 2.24) is 4.98 Å². The summed E-state index contributed by atoms with van der Waals surface area (Å²) >= 11 is 0. The molecule has 3 aromatic carbocycles. The summed E-state index contributed by atoms with van der Waals surface area (Å²) in [6.45, 7) is 4.24. The lowest BCUT2D eigenvalue weighted by Crippen LogP contribution is -2.01. The molecular weight excluding hydrogens is 304 g/mol. The molecule has 25 heavy (non-hydrogen) atoms. The van der Waals surface area contributed by atoms with E-state index < -0.39 is 0 Å². The van der Waals surface area contributed by atoms with Gasteiger partial charge in [-0.3, -0.25) is 0 Å². The maximum Gasteiger partial charge on any atom is 0.0808 e. The van der Waals surface area contributed by atoms with E-state index in [1.54, 1.807) is 6.20 Å². The number of para-hydroxylation sites is 1. The summed E-state index contributed by atoms with van der Waals surface area (Å²) < 4.78 is 0. The van der Waals surface area contributed by atoms with E-state index in [0.717, 1.165) is 27.7 Å². The van der Waals surface area contributed by atoms with Gasteiger partial charge in [0.15, 0.2) is 0 Å². The van der Waals surface area contributed by atoms with Gasteiger partial charge < -0.3 is 5.73 Å². The van der Waals surface area contributed by atoms with Gasteiger partial charge in [0.1, 0.15) is 0 Å². The first-order chi connectivity index (χ1) is 12.2. The van der Waals surface area contributed by atoms with Gasteiger partial charge >= 0.3 is 0 Å². The predicted molar refractivity (Wildman–Crippen MR) is 106 cm³/mol. The fraction of sp³-hybridized carbons (Fsp3) is 0.0870. The molecule has 2 nitrogen and oxygen atoms in total. The van der Waals surface area contributed by atoms with Crippen molar-refractivity contribution in [3.05, 3.63) is 95.3 Å². The molecule has 1 aromatic heterocycles. The normalized spacial score (nSPS) is 12.0. The molecule has 2 heteroatoms. The molecule has 0 fully saturated rings. The number of rotatable bonds is 2. The third-order valence-corrected chi connectivity index (χ3v) is 4.78. The lowest BCUT2D eigenvalue weighted by Gasteiger charge is -2.16. The molecule has 0 amide bonds. The Hall–Kier alpha value is -3.13. The summed E-state index contributed by atoms with van der Waals surface area (Å²) in [5.41, 5.74) is 12.6. The first kappa shape index (κ1) is 15.4. The maximum atomic E-state index is 6.11. The lowest BCUT2D eigenvalue weighted by molar-refractivity contribution is 1.29. The summed E-state index contributed by atoms with van der Waals surface area (Å²) in [5, 5.41) is 3.49. The zero-order valence-corrected chi connectivity index (χ0v) is 14.5. The molecule has 0 saturated heterocycles. The van der Waals surface area contributed by atoms with Crippen LogP contribution in [-0.4, -0.2) is 4.98 Å². The first-order valence-corrected chi connectivity index (χ1v) is 8.47. The smallest absolute Gasteiger partial charge is 0.0808 e. The van der Waals surface area contributed by atoms with Crippen LogP contribution in [0.15, 0.2) is 72.9 Å². The van der Waals surface area contributed by atoms with Crippen LogP contribution in [0.25, 0.3) is 27.2 Å². The number of fused-ring (bicyclic) bond motifs is 3. The fourth-order valence-electron chi connectivity index (χ4n) is 3.63. The minimum absolute atomic E-state index is 0.939. The van der Waals surface area contributed by atoms with Crippen molar-refractivity contribution < 1.29 is 0 Å². The second-order valence-corrected chi connectivity index (χ2v) is 6.37. The highest BCUT2D eigenvalue weighted by Gasteiger charge is 2.16. The average molecular weight is 324 g/mol. The Morgan fingerprint density at radius 3 is 2.04 bits per heavy atom. The number of nitrogens with two attached hydrogens (primary N) is 1. The van der Waals surface area contributed by atoms with E-state index in [2.05, 4.69) is 74.5 Å². The molecule has 2 N–H and O–H groups in total. The number of hydrogen-bond donors (Lipinski definition) is 1. The third-order valence-electron chi connectivity index (χ3n) is 4.78. The molecule has 122 valence electrons. The quantitative estimate of drug-likeness (QED) is 0.505. The Balaban J connectivity index is 2.11. The van der Waals surface area contributed by atoms with Gasteiger partial charge in [0, 0.05) is 22.5 Å². The molecule has 0 atom stereocenters. The van der Waals surface area contributed by atoms with Crippen LogP contribution in [0.3, 0.4) is 0 Å². The molecule has 0 aliphatic rings. The van der Waals surface area contributed by atoms with Gasteiger partial charge in [0.25, 0.3) is 0 Å². The largest absolute Gasteiger partial charge is 0.404 e. The summed E-state index contributed by atoms with van der Waals surface area (Å²) in [6, 6.07) is 23.0. The van der Waals surface area contributed by atoms with E-state index in [1.807, 2.05) is 6.07 Å². The molecular formula is C23H20N2. The van der Waals surface area contributed by atoms with Crippen molar-refractivity contribution in [3.63, 3.8) is 0 Å². The van der Waals surface area contributed by atoms with Crippen molar-refractivity contribution >= 4 is 27.2 Å². The molecule has 0 bridgehead atoms. The maximum absolute atomic E-state index is 6.11. The van der Waals surface area contributed by atoms with Crippen LogP contribution < -0.4 is 5.73 Å². The molecule has 0 aliphatic heterocycles. The van der Waals surface area contributed by atoms with Crippen LogP contribution in [0.5, 0.6) is 0 Å². The molecule has 0 spiro atoms. The number of hydrogen-bond acceptors (Lipinski definition) is 2. The van der Waals surface area contributed by atoms with Crippen LogP contribution in [0, 0.1) is 13.8 Å². The minimum Gasteiger partial charge on any atom is -0.404 e. The highest BCUT2D eigenvalue weighted by Crippen LogP contribution is 2.34. The van der Waals surface area contributed by atoms with Crippen molar-refractivity contribution in [1.29, 1.82) is 0 Å². The Kier molecular flexibility index (Phi) is 3.73. The van der Waals surface area contributed by atoms with Crippen LogP contribution in [0.4, 0.5) is 0 Å². The molecule has 4 rings (SSSR count). The van der Waals surface area contributed by atoms with Crippen LogP contribution in [0.1, 0.15) is 22.4 Å². The molecule has 0 radical (unpaired) electrons. The van der Waals surface area contributed by atoms with E-state index in [9.17, 15) is 0 Å². The van der Waals surface area contributed by atoms with Crippen molar-refractivity contribution in [2.75, 3.05) is 0 Å². The highest BCUT2D eigenvalue weighted by atomic mass is 14.7. The number of aromatic nitrogens is 1. The molecule has 0 saturated carbocycles. The SMILES string of the molecule is Cc1cccc(C)c1/C(=C/N)c1nc2ccccc2c2ccccc12. The zero-order valence-electron chi connectivity index (χ0n) is 14.5. The third kappa shape index (κ3) is 2.47. The summed E-state index contributed by atoms with van der Waals surface area (Å²) in [5.74, 6) is 0. The van der Waals surface area contributed by atoms with Gasteiger partial charge in [-0.15, -0.1) is 0 Å². The summed E-state index contributed by atoms with van der Waals surface area (Å²) in [6.07, 6.45) is 1.69. The predicted octanol–water partition coefficient (Wildman–Crippen LogP) is 5.35. The Morgan fingerprint density at radius 2 is 1.36 bits per heavy atom. The van der Waals surface area contributed by atoms with Crippen molar-refractivity contribution in [2.24, 2.45) is 5.73 Å². The lowest BCUT2D eigenvalue weighted by atomic mass is 9.91. The van der Waals surface area contributed by atoms with Crippen molar-refractivity contribution in [2.45, 2.75) is 13.8 Å². The number of nitrogens with zero attached hydrogens (tertiary/aromatic N) is 1. The zero-order chi connectivity index (χ0) is 17.4. The van der Waals surface area contributed by atoms with E-state index in [4.69, 9.17) is 10.7 Å². The number of benzene rings is 3. The standard InChI is InChI=1S/C23H20N2/c1-15-8-7-9-16(2)22(15)20(14-24)23-19-12-4-3-10-17(19)18-11-5-6-13-21(18)25-23/h3-14H,24H2,1-2H3/b20-14-. The van der Waals surface area contributed by atoms with Gasteiger partial charge in [-0.2, -0.15) is 0 Å². The van der Waals surface area contributed by atoms with Gasteiger partial charge in [-0.05, 0) is 42.0 Å². The van der Waals surface area contributed by atoms with E-state index in [1.165, 1.54) is 21.9 Å². The Labute approximate surface area is 147 Å². The first-order valence-electron chi connectivity index (χ1n) is 8.47. The average Bonchev–Trinajstić information content (AvgIpc) is 2.64. The van der Waals surface area contributed by atoms with E-state index in [-0.39, 0.29) is 0 Å². The van der Waals surface area contributed by atoms with E-state index in [0.29, 0.717) is 0 Å². The Morgan fingerprint density at radius 1 is 0.760 bits per heavy atom. The highest BCUT2D eigenvalue weighted by molar-refractivity contribution is 6.10. The van der Waals surface area contributed by atoms with Gasteiger partial charge in [0.05, 0.1) is 11.2 Å². The fourth-order valence-corrected chi connectivity index (χ4v) is 3.63. The molecule has 0 unspecified atom stereocenters. The van der Waals surface area contributed by atoms with Crippen LogP contribution in [0.2, 0.25) is 0 Å². The monoisotopic (exact) mass is 324 g/mol. The summed E-state index contributed by atoms with van der Waals surface area (Å²) in [7, 11) is 0. The topological polar surface area (TPSA) is 38.9 Å². The van der Waals surface area contributed by atoms with Gasteiger partial charge in [0.2, 0.25) is 0 Å². The molecule has 1 heterocycles. The summed E-state index contributed by atoms with van der Waals surface area (Å²) in [4.78, 5) is 4.98. The van der Waals surface area contributed by atoms with Crippen molar-refractivity contribution in [3.8, 4) is 0 Å². The van der Waals surface area contributed by atoms with Gasteiger partial charge in [-0.1, -0.05) is 60.7 Å². The Bertz CT molecular complexity index is 1100.